The van der Waals surface area contributed by atoms with Crippen molar-refractivity contribution in [2.24, 2.45) is 52.3 Å². The van der Waals surface area contributed by atoms with Crippen molar-refractivity contribution in [3.8, 4) is 0 Å². The van der Waals surface area contributed by atoms with Gasteiger partial charge in [-0.3, -0.25) is 0 Å². The number of rotatable bonds is 7. The van der Waals surface area contributed by atoms with Gasteiger partial charge in [0.1, 0.15) is 4.90 Å². The number of nitrogens with one attached hydrogen (secondary N) is 2. The molecule has 4 aliphatic rings. The zero-order valence-electron chi connectivity index (χ0n) is 24.7. The minimum atomic E-state index is -4.02. The van der Waals surface area contributed by atoms with Gasteiger partial charge in [0, 0.05) is 6.54 Å². The highest BCUT2D eigenvalue weighted by atomic mass is 35.5. The Morgan fingerprint density at radius 2 is 1.75 bits per heavy atom. The van der Waals surface area contributed by atoms with E-state index in [0.717, 1.165) is 42.9 Å². The molecule has 0 aliphatic heterocycles. The van der Waals surface area contributed by atoms with Crippen molar-refractivity contribution >= 4 is 27.7 Å². The van der Waals surface area contributed by atoms with E-state index in [1.54, 1.807) is 12.1 Å². The van der Waals surface area contributed by atoms with Gasteiger partial charge in [0.2, 0.25) is 0 Å². The van der Waals surface area contributed by atoms with E-state index in [1.807, 2.05) is 0 Å². The summed E-state index contributed by atoms with van der Waals surface area (Å²) in [6.07, 6.45) is 11.5. The van der Waals surface area contributed by atoms with E-state index in [-0.39, 0.29) is 16.0 Å². The van der Waals surface area contributed by atoms with E-state index in [9.17, 15) is 18.3 Å². The number of carbonyl (C=O) groups is 1. The molecule has 0 saturated heterocycles. The van der Waals surface area contributed by atoms with E-state index in [4.69, 9.17) is 11.6 Å². The van der Waals surface area contributed by atoms with Crippen molar-refractivity contribution < 1.29 is 18.3 Å². The predicted molar refractivity (Wildman–Crippen MR) is 159 cm³/mol. The number of urea groups is 1. The van der Waals surface area contributed by atoms with Gasteiger partial charge in [-0.2, -0.15) is 0 Å². The van der Waals surface area contributed by atoms with Crippen LogP contribution < -0.4 is 10.0 Å². The third-order valence-corrected chi connectivity index (χ3v) is 14.2. The van der Waals surface area contributed by atoms with Crippen LogP contribution in [0.1, 0.15) is 91.9 Å². The maximum Gasteiger partial charge on any atom is 0.328 e. The molecule has 3 N–H and O–H groups in total. The highest BCUT2D eigenvalue weighted by Gasteiger charge is 2.62. The van der Waals surface area contributed by atoms with E-state index in [1.165, 1.54) is 57.1 Å². The molecule has 0 spiro atoms. The van der Waals surface area contributed by atoms with Crippen molar-refractivity contribution in [1.82, 2.24) is 10.0 Å². The Bertz CT molecular complexity index is 1190. The van der Waals surface area contributed by atoms with Crippen molar-refractivity contribution in [1.29, 1.82) is 0 Å². The number of halogens is 1. The Morgan fingerprint density at radius 3 is 2.48 bits per heavy atom. The topological polar surface area (TPSA) is 95.5 Å². The molecule has 0 heterocycles. The first-order valence-electron chi connectivity index (χ1n) is 15.6. The van der Waals surface area contributed by atoms with Gasteiger partial charge in [-0.05, 0) is 122 Å². The van der Waals surface area contributed by atoms with Crippen LogP contribution in [-0.2, 0) is 10.0 Å². The van der Waals surface area contributed by atoms with Gasteiger partial charge >= 0.3 is 6.03 Å². The summed E-state index contributed by atoms with van der Waals surface area (Å²) in [4.78, 5) is 12.4. The highest BCUT2D eigenvalue weighted by Crippen LogP contribution is 2.69. The molecule has 0 unspecified atom stereocenters. The smallest absolute Gasteiger partial charge is 0.328 e. The summed E-state index contributed by atoms with van der Waals surface area (Å²) in [7, 11) is -4.02. The van der Waals surface area contributed by atoms with E-state index in [2.05, 4.69) is 37.7 Å². The van der Waals surface area contributed by atoms with Gasteiger partial charge in [-0.15, -0.1) is 0 Å². The van der Waals surface area contributed by atoms with Crippen LogP contribution in [0.4, 0.5) is 4.79 Å². The fraction of sp³-hybridized carbons (Fsp3) is 0.781. The molecule has 4 aliphatic carbocycles. The minimum absolute atomic E-state index is 0.0870. The van der Waals surface area contributed by atoms with Crippen LogP contribution in [0, 0.1) is 52.3 Å². The molecule has 0 radical (unpaired) electrons. The Morgan fingerprint density at radius 1 is 1.05 bits per heavy atom. The molecule has 5 rings (SSSR count). The van der Waals surface area contributed by atoms with Gasteiger partial charge < -0.3 is 10.4 Å². The van der Waals surface area contributed by atoms with E-state index >= 15 is 0 Å². The quantitative estimate of drug-likeness (QED) is 0.317. The Kier molecular flexibility index (Phi) is 8.60. The third kappa shape index (κ3) is 5.32. The summed E-state index contributed by atoms with van der Waals surface area (Å²) in [6, 6.07) is 5.40. The molecule has 8 heteroatoms. The standard InChI is InChI=1S/C32H49ClN2O4S/c1-5-21-18-23-25-11-10-24(31(25,3)16-13-26(23)32(4)15-12-22(36)19-27(21)32)20(2)14-17-34-30(37)35-40(38,39)29-9-7-6-8-28(29)33/h6-9,20-27,36H,5,10-19H2,1-4H3,(H2,34,35,37)/t20-,21+,22-,23+,24-,25+,26+,27+,31-,32-/m1/s1. The van der Waals surface area contributed by atoms with Gasteiger partial charge in [0.25, 0.3) is 10.0 Å². The highest BCUT2D eigenvalue weighted by molar-refractivity contribution is 7.90. The maximum atomic E-state index is 12.6. The second-order valence-corrected chi connectivity index (χ2v) is 16.2. The number of sulfonamides is 1. The maximum absolute atomic E-state index is 12.6. The molecule has 4 fully saturated rings. The first-order chi connectivity index (χ1) is 18.9. The fourth-order valence-electron chi connectivity index (χ4n) is 10.4. The van der Waals surface area contributed by atoms with Crippen LogP contribution >= 0.6 is 11.6 Å². The average Bonchev–Trinajstić information content (AvgIpc) is 3.26. The molecular formula is C32H49ClN2O4S. The molecule has 40 heavy (non-hydrogen) atoms. The lowest BCUT2D eigenvalue weighted by molar-refractivity contribution is -0.152. The lowest BCUT2D eigenvalue weighted by Gasteiger charge is -2.63. The minimum Gasteiger partial charge on any atom is -0.393 e. The Labute approximate surface area is 246 Å². The first-order valence-corrected chi connectivity index (χ1v) is 17.5. The number of fused-ring (bicyclic) bond motifs is 5. The number of aliphatic hydroxyl groups is 1. The van der Waals surface area contributed by atoms with E-state index < -0.39 is 16.1 Å². The van der Waals surface area contributed by atoms with Gasteiger partial charge in [-0.25, -0.2) is 17.9 Å². The molecule has 0 aromatic heterocycles. The van der Waals surface area contributed by atoms with Crippen molar-refractivity contribution in [3.63, 3.8) is 0 Å². The summed E-state index contributed by atoms with van der Waals surface area (Å²) in [5.74, 6) is 4.79. The van der Waals surface area contributed by atoms with Crippen LogP contribution in [0.2, 0.25) is 5.02 Å². The number of hydrogen-bond acceptors (Lipinski definition) is 4. The largest absolute Gasteiger partial charge is 0.393 e. The molecule has 2 amide bonds. The molecule has 10 atom stereocenters. The number of amides is 2. The lowest BCUT2D eigenvalue weighted by Crippen LogP contribution is -2.56. The Balaban J connectivity index is 1.20. The van der Waals surface area contributed by atoms with Gasteiger partial charge in [0.15, 0.2) is 0 Å². The number of carbonyl (C=O) groups excluding carboxylic acids is 1. The summed E-state index contributed by atoms with van der Waals surface area (Å²) in [5, 5.41) is 13.4. The summed E-state index contributed by atoms with van der Waals surface area (Å²) in [6.45, 7) is 10.2. The summed E-state index contributed by atoms with van der Waals surface area (Å²) >= 11 is 6.02. The van der Waals surface area contributed by atoms with Crippen molar-refractivity contribution in [2.75, 3.05) is 6.54 Å². The molecule has 4 saturated carbocycles. The monoisotopic (exact) mass is 592 g/mol. The zero-order chi connectivity index (χ0) is 28.9. The van der Waals surface area contributed by atoms with Crippen molar-refractivity contribution in [2.45, 2.75) is 103 Å². The van der Waals surface area contributed by atoms with Crippen LogP contribution in [0.5, 0.6) is 0 Å². The van der Waals surface area contributed by atoms with Crippen LogP contribution in [0.15, 0.2) is 29.2 Å². The van der Waals surface area contributed by atoms with Gasteiger partial charge in [-0.1, -0.05) is 57.8 Å². The molecule has 224 valence electrons. The fourth-order valence-corrected chi connectivity index (χ4v) is 11.8. The number of hydrogen-bond donors (Lipinski definition) is 3. The second kappa shape index (κ2) is 11.4. The van der Waals surface area contributed by atoms with Crippen LogP contribution in [0.3, 0.4) is 0 Å². The zero-order valence-corrected chi connectivity index (χ0v) is 26.2. The normalized spacial score (nSPS) is 39.9. The SMILES string of the molecule is CC[C@H]1C[C@@H]2[C@H](CC[C@]3(C)[C@@H]([C@H](C)CCNC(=O)NS(=O)(=O)c4ccccc4Cl)CC[C@@H]23)[C@@]2(C)CC[C@@H](O)C[C@@H]12. The Hall–Kier alpha value is -1.31. The molecular weight excluding hydrogens is 544 g/mol. The molecule has 1 aromatic rings. The van der Waals surface area contributed by atoms with E-state index in [0.29, 0.717) is 35.1 Å². The lowest BCUT2D eigenvalue weighted by atomic mass is 9.42. The number of aliphatic hydroxyl groups excluding tert-OH is 1. The predicted octanol–water partition coefficient (Wildman–Crippen LogP) is 7.01. The van der Waals surface area contributed by atoms with Crippen molar-refractivity contribution in [3.05, 3.63) is 29.3 Å². The summed E-state index contributed by atoms with van der Waals surface area (Å²) in [5.41, 5.74) is 0.696. The molecule has 1 aromatic carbocycles. The molecule has 6 nitrogen and oxygen atoms in total. The van der Waals surface area contributed by atoms with Crippen LogP contribution in [-0.4, -0.2) is 32.2 Å². The summed E-state index contributed by atoms with van der Waals surface area (Å²) < 4.78 is 27.3. The molecule has 0 bridgehead atoms. The van der Waals surface area contributed by atoms with Crippen LogP contribution in [0.25, 0.3) is 0 Å². The first kappa shape index (κ1) is 30.2. The number of benzene rings is 1. The third-order valence-electron chi connectivity index (χ3n) is 12.3. The average molecular weight is 593 g/mol. The van der Waals surface area contributed by atoms with Gasteiger partial charge in [0.05, 0.1) is 11.1 Å². The second-order valence-electron chi connectivity index (χ2n) is 14.1.